The van der Waals surface area contributed by atoms with Gasteiger partial charge in [-0.15, -0.1) is 0 Å². The lowest BCUT2D eigenvalue weighted by molar-refractivity contribution is -0.167. The van der Waals surface area contributed by atoms with Crippen molar-refractivity contribution in [1.82, 2.24) is 0 Å². The molecule has 0 fully saturated rings. The summed E-state index contributed by atoms with van der Waals surface area (Å²) in [6.07, 6.45) is 89.4. The molecule has 0 N–H and O–H groups in total. The average Bonchev–Trinajstić information content (AvgIpc) is 3.49. The van der Waals surface area contributed by atoms with Crippen LogP contribution in [-0.2, 0) is 28.6 Å². The van der Waals surface area contributed by atoms with Crippen LogP contribution < -0.4 is 0 Å². The monoisotopic (exact) mass is 1170 g/mol. The Kier molecular flexibility index (Phi) is 70.5. The quantitative estimate of drug-likeness (QED) is 0.0261. The van der Waals surface area contributed by atoms with Crippen LogP contribution in [0.15, 0.2) is 24.3 Å². The third-order valence-electron chi connectivity index (χ3n) is 17.5. The number of hydrogen-bond acceptors (Lipinski definition) is 6. The molecule has 0 bridgehead atoms. The van der Waals surface area contributed by atoms with Gasteiger partial charge in [0.15, 0.2) is 6.10 Å². The molecule has 0 aliphatic heterocycles. The van der Waals surface area contributed by atoms with Gasteiger partial charge in [-0.1, -0.05) is 385 Å². The van der Waals surface area contributed by atoms with Gasteiger partial charge in [-0.05, 0) is 51.4 Å². The van der Waals surface area contributed by atoms with E-state index in [0.717, 1.165) is 64.2 Å². The van der Waals surface area contributed by atoms with Crippen molar-refractivity contribution in [3.8, 4) is 0 Å². The van der Waals surface area contributed by atoms with Crippen molar-refractivity contribution >= 4 is 17.9 Å². The molecule has 0 aliphatic rings. The molecule has 0 aromatic rings. The Morgan fingerprint density at radius 2 is 0.434 bits per heavy atom. The Balaban J connectivity index is 4.16. The summed E-state index contributed by atoms with van der Waals surface area (Å²) in [7, 11) is 0. The zero-order valence-electron chi connectivity index (χ0n) is 56.5. The second-order valence-electron chi connectivity index (χ2n) is 25.9. The number of carbonyl (C=O) groups is 3. The largest absolute Gasteiger partial charge is 0.462 e. The van der Waals surface area contributed by atoms with Crippen LogP contribution in [0.5, 0.6) is 0 Å². The molecule has 490 valence electrons. The van der Waals surface area contributed by atoms with E-state index >= 15 is 0 Å². The first-order valence-electron chi connectivity index (χ1n) is 37.8. The molecule has 0 radical (unpaired) electrons. The summed E-state index contributed by atoms with van der Waals surface area (Å²) >= 11 is 0. The third-order valence-corrected chi connectivity index (χ3v) is 17.5. The zero-order valence-corrected chi connectivity index (χ0v) is 56.5. The number of hydrogen-bond donors (Lipinski definition) is 0. The van der Waals surface area contributed by atoms with Crippen LogP contribution in [0.2, 0.25) is 0 Å². The fourth-order valence-electron chi connectivity index (χ4n) is 11.8. The molecular weight excluding hydrogens is 1020 g/mol. The lowest BCUT2D eigenvalue weighted by Crippen LogP contribution is -2.30. The van der Waals surface area contributed by atoms with Crippen molar-refractivity contribution in [3.05, 3.63) is 24.3 Å². The van der Waals surface area contributed by atoms with Gasteiger partial charge in [0.2, 0.25) is 0 Å². The van der Waals surface area contributed by atoms with E-state index in [-0.39, 0.29) is 31.1 Å². The second-order valence-corrected chi connectivity index (χ2v) is 25.9. The van der Waals surface area contributed by atoms with Gasteiger partial charge >= 0.3 is 17.9 Å². The van der Waals surface area contributed by atoms with E-state index in [1.54, 1.807) is 0 Å². The first-order valence-corrected chi connectivity index (χ1v) is 37.8. The fraction of sp³-hybridized carbons (Fsp3) is 0.909. The van der Waals surface area contributed by atoms with Gasteiger partial charge in [-0.25, -0.2) is 0 Å². The smallest absolute Gasteiger partial charge is 0.306 e. The molecule has 83 heavy (non-hydrogen) atoms. The molecule has 6 heteroatoms. The Morgan fingerprint density at radius 3 is 0.687 bits per heavy atom. The molecule has 1 unspecified atom stereocenters. The number of ether oxygens (including phenoxy) is 3. The van der Waals surface area contributed by atoms with Gasteiger partial charge < -0.3 is 14.2 Å². The van der Waals surface area contributed by atoms with E-state index in [2.05, 4.69) is 45.1 Å². The third kappa shape index (κ3) is 70.5. The summed E-state index contributed by atoms with van der Waals surface area (Å²) in [5.74, 6) is -0.835. The summed E-state index contributed by atoms with van der Waals surface area (Å²) in [6, 6.07) is 0. The predicted molar refractivity (Wildman–Crippen MR) is 363 cm³/mol. The van der Waals surface area contributed by atoms with Crippen LogP contribution in [0, 0.1) is 0 Å². The van der Waals surface area contributed by atoms with E-state index in [4.69, 9.17) is 14.2 Å². The maximum Gasteiger partial charge on any atom is 0.306 e. The van der Waals surface area contributed by atoms with Crippen molar-refractivity contribution in [2.45, 2.75) is 438 Å². The number of rotatable bonds is 71. The number of allylic oxidation sites excluding steroid dienone is 4. The minimum atomic E-state index is -0.771. The van der Waals surface area contributed by atoms with Gasteiger partial charge in [0.05, 0.1) is 0 Å². The molecular formula is C77H146O6. The van der Waals surface area contributed by atoms with Crippen LogP contribution in [0.3, 0.4) is 0 Å². The summed E-state index contributed by atoms with van der Waals surface area (Å²) in [4.78, 5) is 38.5. The molecule has 0 heterocycles. The van der Waals surface area contributed by atoms with Crippen LogP contribution in [0.25, 0.3) is 0 Å². The SMILES string of the molecule is CCCCC/C=C\C/C=C\CCCCCCCCCCCC(=O)OC(COC(=O)CCCCCCCCCCCCCCCCC)COC(=O)CCCCCCCCCCCCCCCCCCCCCCCCCCCCCCCCC. The minimum Gasteiger partial charge on any atom is -0.462 e. The van der Waals surface area contributed by atoms with E-state index in [0.29, 0.717) is 19.3 Å². The molecule has 6 nitrogen and oxygen atoms in total. The Hall–Kier alpha value is -2.11. The summed E-state index contributed by atoms with van der Waals surface area (Å²) in [5, 5.41) is 0. The Labute approximate surface area is 519 Å². The maximum atomic E-state index is 13.0. The van der Waals surface area contributed by atoms with Gasteiger partial charge in [0.25, 0.3) is 0 Å². The zero-order chi connectivity index (χ0) is 59.9. The van der Waals surface area contributed by atoms with Crippen molar-refractivity contribution in [1.29, 1.82) is 0 Å². The highest BCUT2D eigenvalue weighted by atomic mass is 16.6. The van der Waals surface area contributed by atoms with Gasteiger partial charge in [0, 0.05) is 19.3 Å². The molecule has 0 spiro atoms. The predicted octanol–water partition coefficient (Wildman–Crippen LogP) is 26.1. The molecule has 0 rings (SSSR count). The minimum absolute atomic E-state index is 0.0662. The highest BCUT2D eigenvalue weighted by molar-refractivity contribution is 5.71. The summed E-state index contributed by atoms with van der Waals surface area (Å²) in [6.45, 7) is 6.70. The van der Waals surface area contributed by atoms with Crippen molar-refractivity contribution < 1.29 is 28.6 Å². The van der Waals surface area contributed by atoms with Crippen LogP contribution in [0.4, 0.5) is 0 Å². The standard InChI is InChI=1S/C77H146O6/c1-4-7-10-13-16-19-22-25-28-30-32-33-34-35-36-37-38-39-40-41-42-43-45-46-49-52-55-58-61-64-67-70-76(79)82-73-74(72-81-75(78)69-66-63-60-57-54-51-48-27-24-21-18-15-12-9-6-3)83-77(80)71-68-65-62-59-56-53-50-47-44-31-29-26-23-20-17-14-11-8-5-2/h17,20,26,29,74H,4-16,18-19,21-25,27-28,30-73H2,1-3H3/b20-17-,29-26-. The van der Waals surface area contributed by atoms with Gasteiger partial charge in [0.1, 0.15) is 13.2 Å². The molecule has 0 aromatic heterocycles. The Bertz CT molecular complexity index is 1340. The highest BCUT2D eigenvalue weighted by Gasteiger charge is 2.20. The van der Waals surface area contributed by atoms with E-state index in [1.807, 2.05) is 0 Å². The molecule has 0 aliphatic carbocycles. The molecule has 0 amide bonds. The van der Waals surface area contributed by atoms with E-state index in [1.165, 1.54) is 327 Å². The first-order chi connectivity index (χ1) is 41.0. The average molecular weight is 1170 g/mol. The first kappa shape index (κ1) is 80.9. The van der Waals surface area contributed by atoms with Crippen LogP contribution >= 0.6 is 0 Å². The Morgan fingerprint density at radius 1 is 0.241 bits per heavy atom. The maximum absolute atomic E-state index is 13.0. The number of unbranched alkanes of at least 4 members (excludes halogenated alkanes) is 56. The topological polar surface area (TPSA) is 78.9 Å². The second kappa shape index (κ2) is 72.4. The molecule has 1 atom stereocenters. The van der Waals surface area contributed by atoms with Crippen molar-refractivity contribution in [2.75, 3.05) is 13.2 Å². The van der Waals surface area contributed by atoms with E-state index < -0.39 is 6.10 Å². The summed E-state index contributed by atoms with van der Waals surface area (Å²) < 4.78 is 17.0. The number of esters is 3. The lowest BCUT2D eigenvalue weighted by atomic mass is 10.0. The van der Waals surface area contributed by atoms with Gasteiger partial charge in [-0.2, -0.15) is 0 Å². The molecule has 0 saturated carbocycles. The highest BCUT2D eigenvalue weighted by Crippen LogP contribution is 2.20. The van der Waals surface area contributed by atoms with Crippen LogP contribution in [0.1, 0.15) is 432 Å². The normalized spacial score (nSPS) is 12.1. The molecule has 0 saturated heterocycles. The van der Waals surface area contributed by atoms with Crippen LogP contribution in [-0.4, -0.2) is 37.2 Å². The van der Waals surface area contributed by atoms with Crippen molar-refractivity contribution in [3.63, 3.8) is 0 Å². The molecule has 0 aromatic carbocycles. The van der Waals surface area contributed by atoms with E-state index in [9.17, 15) is 14.4 Å². The lowest BCUT2D eigenvalue weighted by Gasteiger charge is -2.18. The van der Waals surface area contributed by atoms with Crippen molar-refractivity contribution in [2.24, 2.45) is 0 Å². The fourth-order valence-corrected chi connectivity index (χ4v) is 11.8. The number of carbonyl (C=O) groups excluding carboxylic acids is 3. The van der Waals surface area contributed by atoms with Gasteiger partial charge in [-0.3, -0.25) is 14.4 Å². The summed E-state index contributed by atoms with van der Waals surface area (Å²) in [5.41, 5.74) is 0.